The molecule has 0 saturated heterocycles. The zero-order valence-corrected chi connectivity index (χ0v) is 11.7. The number of rotatable bonds is 4. The lowest BCUT2D eigenvalue weighted by atomic mass is 10.1. The normalized spacial score (nSPS) is 10.2. The van der Waals surface area contributed by atoms with Crippen LogP contribution in [0.2, 0.25) is 0 Å². The third-order valence-electron chi connectivity index (χ3n) is 2.87. The van der Waals surface area contributed by atoms with Crippen LogP contribution in [0.5, 0.6) is 0 Å². The van der Waals surface area contributed by atoms with Gasteiger partial charge in [0.1, 0.15) is 16.6 Å². The van der Waals surface area contributed by atoms with Crippen molar-refractivity contribution in [3.8, 4) is 0 Å². The van der Waals surface area contributed by atoms with Gasteiger partial charge in [-0.15, -0.1) is 0 Å². The molecular formula is C15H12F2N2OS. The smallest absolute Gasteiger partial charge is 0.254 e. The lowest BCUT2D eigenvalue weighted by Gasteiger charge is -2.07. The van der Waals surface area contributed by atoms with Gasteiger partial charge in [0, 0.05) is 18.2 Å². The van der Waals surface area contributed by atoms with E-state index in [2.05, 4.69) is 5.32 Å². The van der Waals surface area contributed by atoms with E-state index < -0.39 is 17.5 Å². The van der Waals surface area contributed by atoms with Crippen LogP contribution in [0.3, 0.4) is 0 Å². The molecule has 2 rings (SSSR count). The molecule has 3 N–H and O–H groups in total. The first-order valence-corrected chi connectivity index (χ1v) is 6.50. The molecule has 0 aliphatic heterocycles. The molecule has 108 valence electrons. The van der Waals surface area contributed by atoms with Crippen LogP contribution in [0.4, 0.5) is 8.78 Å². The van der Waals surface area contributed by atoms with Gasteiger partial charge in [0.25, 0.3) is 5.91 Å². The number of nitrogens with one attached hydrogen (secondary N) is 1. The van der Waals surface area contributed by atoms with E-state index in [1.807, 2.05) is 0 Å². The average Bonchev–Trinajstić information content (AvgIpc) is 2.45. The first-order valence-electron chi connectivity index (χ1n) is 6.09. The molecule has 0 aromatic heterocycles. The quantitative estimate of drug-likeness (QED) is 0.854. The van der Waals surface area contributed by atoms with E-state index in [0.29, 0.717) is 11.1 Å². The third kappa shape index (κ3) is 3.82. The molecule has 0 atom stereocenters. The lowest BCUT2D eigenvalue weighted by Crippen LogP contribution is -2.24. The summed E-state index contributed by atoms with van der Waals surface area (Å²) in [6.45, 7) is 0.216. The number of thiocarbonyl (C=S) groups is 1. The Labute approximate surface area is 125 Å². The second-order valence-electron chi connectivity index (χ2n) is 4.37. The second-order valence-corrected chi connectivity index (χ2v) is 4.81. The van der Waals surface area contributed by atoms with E-state index in [9.17, 15) is 13.6 Å². The fourth-order valence-corrected chi connectivity index (χ4v) is 1.87. The molecule has 2 aromatic rings. The van der Waals surface area contributed by atoms with Crippen molar-refractivity contribution in [1.29, 1.82) is 0 Å². The van der Waals surface area contributed by atoms with E-state index in [0.717, 1.165) is 23.3 Å². The molecule has 0 saturated carbocycles. The molecule has 0 aliphatic rings. The van der Waals surface area contributed by atoms with Gasteiger partial charge in [0.15, 0.2) is 0 Å². The molecular weight excluding hydrogens is 294 g/mol. The van der Waals surface area contributed by atoms with Crippen LogP contribution < -0.4 is 11.1 Å². The maximum atomic E-state index is 13.4. The van der Waals surface area contributed by atoms with Crippen molar-refractivity contribution in [3.63, 3.8) is 0 Å². The Morgan fingerprint density at radius 1 is 1.14 bits per heavy atom. The molecule has 0 heterocycles. The lowest BCUT2D eigenvalue weighted by molar-refractivity contribution is 0.0947. The zero-order valence-electron chi connectivity index (χ0n) is 10.9. The number of carbonyl (C=O) groups excluding carboxylic acids is 1. The summed E-state index contributed by atoms with van der Waals surface area (Å²) >= 11 is 4.84. The van der Waals surface area contributed by atoms with E-state index in [-0.39, 0.29) is 12.1 Å². The van der Waals surface area contributed by atoms with Crippen molar-refractivity contribution >= 4 is 23.1 Å². The number of hydrogen-bond donors (Lipinski definition) is 2. The Bertz CT molecular complexity index is 687. The summed E-state index contributed by atoms with van der Waals surface area (Å²) < 4.78 is 26.2. The Morgan fingerprint density at radius 3 is 2.38 bits per heavy atom. The Hall–Kier alpha value is -2.34. The van der Waals surface area contributed by atoms with E-state index >= 15 is 0 Å². The maximum Gasteiger partial charge on any atom is 0.254 e. The van der Waals surface area contributed by atoms with Crippen molar-refractivity contribution in [2.75, 3.05) is 0 Å². The van der Waals surface area contributed by atoms with Gasteiger partial charge < -0.3 is 11.1 Å². The summed E-state index contributed by atoms with van der Waals surface area (Å²) in [7, 11) is 0. The third-order valence-corrected chi connectivity index (χ3v) is 3.10. The van der Waals surface area contributed by atoms with Gasteiger partial charge >= 0.3 is 0 Å². The van der Waals surface area contributed by atoms with Crippen LogP contribution in [0.15, 0.2) is 42.5 Å². The fourth-order valence-electron chi connectivity index (χ4n) is 1.74. The van der Waals surface area contributed by atoms with Gasteiger partial charge in [0.2, 0.25) is 0 Å². The number of benzene rings is 2. The minimum absolute atomic E-state index is 0.198. The monoisotopic (exact) mass is 306 g/mol. The number of carbonyl (C=O) groups is 1. The summed E-state index contributed by atoms with van der Waals surface area (Å²) in [5, 5.41) is 2.56. The van der Waals surface area contributed by atoms with Crippen LogP contribution in [-0.4, -0.2) is 10.9 Å². The fraction of sp³-hybridized carbons (Fsp3) is 0.0667. The minimum Gasteiger partial charge on any atom is -0.389 e. The number of amides is 1. The van der Waals surface area contributed by atoms with E-state index in [1.165, 1.54) is 0 Å². The molecule has 0 unspecified atom stereocenters. The summed E-state index contributed by atoms with van der Waals surface area (Å²) in [4.78, 5) is 12.1. The highest BCUT2D eigenvalue weighted by Crippen LogP contribution is 2.10. The SMILES string of the molecule is NC(=S)c1ccc(CNC(=O)c2ccc(F)cc2F)cc1. The summed E-state index contributed by atoms with van der Waals surface area (Å²) in [5.41, 5.74) is 6.82. The van der Waals surface area contributed by atoms with Crippen molar-refractivity contribution in [3.05, 3.63) is 70.8 Å². The van der Waals surface area contributed by atoms with Crippen LogP contribution in [0.1, 0.15) is 21.5 Å². The number of nitrogens with two attached hydrogens (primary N) is 1. The Morgan fingerprint density at radius 2 is 1.81 bits per heavy atom. The van der Waals surface area contributed by atoms with Gasteiger partial charge in [-0.2, -0.15) is 0 Å². The molecule has 0 fully saturated rings. The van der Waals surface area contributed by atoms with Crippen LogP contribution in [-0.2, 0) is 6.54 Å². The van der Waals surface area contributed by atoms with Crippen molar-refractivity contribution < 1.29 is 13.6 Å². The van der Waals surface area contributed by atoms with Gasteiger partial charge in [-0.1, -0.05) is 36.5 Å². The summed E-state index contributed by atoms with van der Waals surface area (Å²) in [6, 6.07) is 9.81. The van der Waals surface area contributed by atoms with Gasteiger partial charge in [-0.05, 0) is 17.7 Å². The standard InChI is InChI=1S/C15H12F2N2OS/c16-11-5-6-12(13(17)7-11)15(20)19-8-9-1-3-10(4-2-9)14(18)21/h1-7H,8H2,(H2,18,21)(H,19,20). The molecule has 2 aromatic carbocycles. The van der Waals surface area contributed by atoms with Crippen LogP contribution >= 0.6 is 12.2 Å². The van der Waals surface area contributed by atoms with Crippen LogP contribution in [0, 0.1) is 11.6 Å². The first-order chi connectivity index (χ1) is 9.97. The average molecular weight is 306 g/mol. The first kappa shape index (κ1) is 15.1. The van der Waals surface area contributed by atoms with Crippen molar-refractivity contribution in [2.45, 2.75) is 6.54 Å². The summed E-state index contributed by atoms with van der Waals surface area (Å²) in [5.74, 6) is -2.22. The highest BCUT2D eigenvalue weighted by atomic mass is 32.1. The molecule has 1 amide bonds. The van der Waals surface area contributed by atoms with Crippen molar-refractivity contribution in [1.82, 2.24) is 5.32 Å². The highest BCUT2D eigenvalue weighted by Gasteiger charge is 2.12. The summed E-state index contributed by atoms with van der Waals surface area (Å²) in [6.07, 6.45) is 0. The largest absolute Gasteiger partial charge is 0.389 e. The zero-order chi connectivity index (χ0) is 15.4. The highest BCUT2D eigenvalue weighted by molar-refractivity contribution is 7.80. The van der Waals surface area contributed by atoms with Crippen LogP contribution in [0.25, 0.3) is 0 Å². The minimum atomic E-state index is -0.892. The molecule has 3 nitrogen and oxygen atoms in total. The number of hydrogen-bond acceptors (Lipinski definition) is 2. The molecule has 6 heteroatoms. The molecule has 21 heavy (non-hydrogen) atoms. The predicted octanol–water partition coefficient (Wildman–Crippen LogP) is 2.53. The topological polar surface area (TPSA) is 55.1 Å². The van der Waals surface area contributed by atoms with E-state index in [1.54, 1.807) is 24.3 Å². The number of halogens is 2. The maximum absolute atomic E-state index is 13.4. The Kier molecular flexibility index (Phi) is 4.59. The van der Waals surface area contributed by atoms with E-state index in [4.69, 9.17) is 18.0 Å². The molecule has 0 spiro atoms. The van der Waals surface area contributed by atoms with Gasteiger partial charge in [-0.3, -0.25) is 4.79 Å². The molecule has 0 radical (unpaired) electrons. The van der Waals surface area contributed by atoms with Gasteiger partial charge in [-0.25, -0.2) is 8.78 Å². The molecule has 0 aliphatic carbocycles. The second kappa shape index (κ2) is 6.41. The Balaban J connectivity index is 2.02. The predicted molar refractivity (Wildman–Crippen MR) is 79.9 cm³/mol. The van der Waals surface area contributed by atoms with Crippen molar-refractivity contribution in [2.24, 2.45) is 5.73 Å². The van der Waals surface area contributed by atoms with Gasteiger partial charge in [0.05, 0.1) is 5.56 Å². The molecule has 0 bridgehead atoms.